The summed E-state index contributed by atoms with van der Waals surface area (Å²) in [4.78, 5) is 36.5. The van der Waals surface area contributed by atoms with Gasteiger partial charge in [-0.15, -0.1) is 0 Å². The van der Waals surface area contributed by atoms with Crippen LogP contribution in [0.25, 0.3) is 0 Å². The highest BCUT2D eigenvalue weighted by molar-refractivity contribution is 6.33. The van der Waals surface area contributed by atoms with E-state index in [4.69, 9.17) is 11.6 Å². The van der Waals surface area contributed by atoms with Crippen LogP contribution in [0, 0.1) is 6.92 Å². The molecular weight excluding hydrogens is 294 g/mol. The highest BCUT2D eigenvalue weighted by atomic mass is 35.5. The van der Waals surface area contributed by atoms with Crippen LogP contribution in [0.5, 0.6) is 0 Å². The van der Waals surface area contributed by atoms with Gasteiger partial charge in [0.2, 0.25) is 5.91 Å². The summed E-state index contributed by atoms with van der Waals surface area (Å²) < 4.78 is 0. The first kappa shape index (κ1) is 15.3. The zero-order valence-corrected chi connectivity index (χ0v) is 12.7. The Morgan fingerprint density at radius 3 is 2.57 bits per heavy atom. The average Bonchev–Trinajstić information content (AvgIpc) is 2.55. The van der Waals surface area contributed by atoms with E-state index < -0.39 is 23.4 Å². The average molecular weight is 310 g/mol. The maximum Gasteiger partial charge on any atom is 0.325 e. The zero-order valence-electron chi connectivity index (χ0n) is 12.0. The fraction of sp³-hybridized carbons (Fsp3) is 0.357. The standard InChI is InChI=1S/C14H16ClN3O3/c1-8-4-5-10(9(15)6-8)16-11(19)7-18-12(20)14(2,3)17-13(18)21/h4-6H,7H2,1-3H3,(H,16,19)(H,17,21). The summed E-state index contributed by atoms with van der Waals surface area (Å²) in [6.07, 6.45) is 0. The van der Waals surface area contributed by atoms with E-state index in [2.05, 4.69) is 10.6 Å². The second kappa shape index (κ2) is 5.37. The molecule has 0 saturated carbocycles. The second-order valence-electron chi connectivity index (χ2n) is 5.48. The maximum atomic E-state index is 12.0. The Kier molecular flexibility index (Phi) is 3.91. The molecule has 1 saturated heterocycles. The molecule has 1 heterocycles. The number of aryl methyl sites for hydroxylation is 1. The van der Waals surface area contributed by atoms with E-state index >= 15 is 0 Å². The zero-order chi connectivity index (χ0) is 15.8. The van der Waals surface area contributed by atoms with Crippen molar-refractivity contribution in [3.63, 3.8) is 0 Å². The molecule has 2 rings (SSSR count). The molecule has 6 nitrogen and oxygen atoms in total. The number of carbonyl (C=O) groups is 3. The fourth-order valence-electron chi connectivity index (χ4n) is 2.02. The molecule has 1 aromatic rings. The van der Waals surface area contributed by atoms with Crippen LogP contribution in [-0.2, 0) is 9.59 Å². The van der Waals surface area contributed by atoms with Crippen LogP contribution in [0.15, 0.2) is 18.2 Å². The van der Waals surface area contributed by atoms with Crippen LogP contribution < -0.4 is 10.6 Å². The summed E-state index contributed by atoms with van der Waals surface area (Å²) >= 11 is 6.02. The van der Waals surface area contributed by atoms with Gasteiger partial charge in [0.25, 0.3) is 5.91 Å². The molecule has 0 bridgehead atoms. The molecule has 1 aliphatic heterocycles. The Bertz CT molecular complexity index is 628. The van der Waals surface area contributed by atoms with E-state index in [0.717, 1.165) is 10.5 Å². The van der Waals surface area contributed by atoms with E-state index in [-0.39, 0.29) is 6.54 Å². The van der Waals surface area contributed by atoms with Gasteiger partial charge in [0.15, 0.2) is 0 Å². The number of nitrogens with one attached hydrogen (secondary N) is 2. The quantitative estimate of drug-likeness (QED) is 0.837. The third-order valence-electron chi connectivity index (χ3n) is 3.14. The van der Waals surface area contributed by atoms with Gasteiger partial charge in [0.05, 0.1) is 10.7 Å². The molecule has 2 N–H and O–H groups in total. The van der Waals surface area contributed by atoms with Crippen LogP contribution in [-0.4, -0.2) is 34.8 Å². The molecule has 0 aromatic heterocycles. The Morgan fingerprint density at radius 1 is 1.38 bits per heavy atom. The molecule has 1 aromatic carbocycles. The maximum absolute atomic E-state index is 12.0. The molecule has 4 amide bonds. The van der Waals surface area contributed by atoms with Crippen LogP contribution in [0.2, 0.25) is 5.02 Å². The smallest absolute Gasteiger partial charge is 0.324 e. The lowest BCUT2D eigenvalue weighted by Gasteiger charge is -2.16. The van der Waals surface area contributed by atoms with E-state index in [1.54, 1.807) is 32.0 Å². The molecule has 0 spiro atoms. The molecule has 7 heteroatoms. The van der Waals surface area contributed by atoms with Gasteiger partial charge in [0, 0.05) is 0 Å². The van der Waals surface area contributed by atoms with Gasteiger partial charge < -0.3 is 10.6 Å². The summed E-state index contributed by atoms with van der Waals surface area (Å²) in [7, 11) is 0. The predicted molar refractivity (Wildman–Crippen MR) is 79.1 cm³/mol. The number of carbonyl (C=O) groups excluding carboxylic acids is 3. The number of nitrogens with zero attached hydrogens (tertiary/aromatic N) is 1. The van der Waals surface area contributed by atoms with Gasteiger partial charge in [-0.25, -0.2) is 4.79 Å². The molecule has 112 valence electrons. The molecule has 0 unspecified atom stereocenters. The number of urea groups is 1. The van der Waals surface area contributed by atoms with Gasteiger partial charge in [-0.1, -0.05) is 17.7 Å². The summed E-state index contributed by atoms with van der Waals surface area (Å²) in [5.41, 5.74) is 0.422. The number of rotatable bonds is 3. The molecule has 1 fully saturated rings. The normalized spacial score (nSPS) is 16.9. The van der Waals surface area contributed by atoms with Gasteiger partial charge >= 0.3 is 6.03 Å². The van der Waals surface area contributed by atoms with Crippen molar-refractivity contribution in [3.8, 4) is 0 Å². The van der Waals surface area contributed by atoms with Crippen molar-refractivity contribution in [2.24, 2.45) is 0 Å². The van der Waals surface area contributed by atoms with Crippen LogP contribution in [0.1, 0.15) is 19.4 Å². The molecule has 1 aliphatic rings. The monoisotopic (exact) mass is 309 g/mol. The van der Waals surface area contributed by atoms with E-state index in [1.165, 1.54) is 0 Å². The summed E-state index contributed by atoms with van der Waals surface area (Å²) in [6, 6.07) is 4.62. The third kappa shape index (κ3) is 3.16. The Labute approximate surface area is 127 Å². The first-order chi connectivity index (χ1) is 9.70. The van der Waals surface area contributed by atoms with Crippen LogP contribution >= 0.6 is 11.6 Å². The Balaban J connectivity index is 2.06. The van der Waals surface area contributed by atoms with Gasteiger partial charge in [-0.3, -0.25) is 14.5 Å². The first-order valence-electron chi connectivity index (χ1n) is 6.41. The van der Waals surface area contributed by atoms with Crippen molar-refractivity contribution in [2.45, 2.75) is 26.3 Å². The molecule has 0 aliphatic carbocycles. The van der Waals surface area contributed by atoms with Crippen molar-refractivity contribution in [2.75, 3.05) is 11.9 Å². The minimum absolute atomic E-state index is 0.349. The minimum atomic E-state index is -0.987. The summed E-state index contributed by atoms with van der Waals surface area (Å²) in [5, 5.41) is 5.50. The fourth-order valence-corrected chi connectivity index (χ4v) is 2.30. The van der Waals surface area contributed by atoms with Crippen LogP contribution in [0.4, 0.5) is 10.5 Å². The first-order valence-corrected chi connectivity index (χ1v) is 6.78. The number of amides is 4. The lowest BCUT2D eigenvalue weighted by atomic mass is 10.1. The second-order valence-corrected chi connectivity index (χ2v) is 5.89. The lowest BCUT2D eigenvalue weighted by molar-refractivity contribution is -0.132. The predicted octanol–water partition coefficient (Wildman–Crippen LogP) is 1.92. The number of anilines is 1. The van der Waals surface area contributed by atoms with Crippen molar-refractivity contribution in [1.82, 2.24) is 10.2 Å². The Hall–Kier alpha value is -2.08. The highest BCUT2D eigenvalue weighted by Crippen LogP contribution is 2.23. The molecule has 0 atom stereocenters. The number of imide groups is 1. The highest BCUT2D eigenvalue weighted by Gasteiger charge is 2.44. The van der Waals surface area contributed by atoms with Crippen LogP contribution in [0.3, 0.4) is 0 Å². The SMILES string of the molecule is Cc1ccc(NC(=O)CN2C(=O)NC(C)(C)C2=O)c(Cl)c1. The molecule has 0 radical (unpaired) electrons. The lowest BCUT2D eigenvalue weighted by Crippen LogP contribution is -2.41. The number of hydrogen-bond acceptors (Lipinski definition) is 3. The summed E-state index contributed by atoms with van der Waals surface area (Å²) in [5.74, 6) is -0.917. The van der Waals surface area contributed by atoms with Crippen molar-refractivity contribution < 1.29 is 14.4 Å². The number of hydrogen-bond donors (Lipinski definition) is 2. The molecule has 21 heavy (non-hydrogen) atoms. The van der Waals surface area contributed by atoms with E-state index in [9.17, 15) is 14.4 Å². The largest absolute Gasteiger partial charge is 0.325 e. The van der Waals surface area contributed by atoms with Crippen molar-refractivity contribution in [3.05, 3.63) is 28.8 Å². The van der Waals surface area contributed by atoms with Crippen molar-refractivity contribution >= 4 is 35.1 Å². The molecular formula is C14H16ClN3O3. The number of halogens is 1. The summed E-state index contributed by atoms with van der Waals surface area (Å²) in [6.45, 7) is 4.70. The number of benzene rings is 1. The topological polar surface area (TPSA) is 78.5 Å². The van der Waals surface area contributed by atoms with Gasteiger partial charge in [0.1, 0.15) is 12.1 Å². The Morgan fingerprint density at radius 2 is 2.05 bits per heavy atom. The van der Waals surface area contributed by atoms with E-state index in [0.29, 0.717) is 10.7 Å². The van der Waals surface area contributed by atoms with E-state index in [1.807, 2.05) is 6.92 Å². The minimum Gasteiger partial charge on any atom is -0.324 e. The van der Waals surface area contributed by atoms with Crippen molar-refractivity contribution in [1.29, 1.82) is 0 Å². The third-order valence-corrected chi connectivity index (χ3v) is 3.46. The van der Waals surface area contributed by atoms with Gasteiger partial charge in [-0.05, 0) is 38.5 Å². The van der Waals surface area contributed by atoms with Gasteiger partial charge in [-0.2, -0.15) is 0 Å².